The standard InChI is InChI=1S/C13H8ClF3N2OS/c14-7-5-6(1-2-8(7)15)19(13(18)21)10-4-3-9(16)11(17)12(10)20/h1-5,20H,(H2,18,21). The molecular formula is C13H8ClF3N2OS. The predicted molar refractivity (Wildman–Crippen MR) is 78.4 cm³/mol. The summed E-state index contributed by atoms with van der Waals surface area (Å²) in [5.74, 6) is -4.31. The van der Waals surface area contributed by atoms with Crippen LogP contribution < -0.4 is 10.6 Å². The number of phenols is 1. The van der Waals surface area contributed by atoms with Gasteiger partial charge in [-0.05, 0) is 42.5 Å². The first-order chi connectivity index (χ1) is 9.82. The highest BCUT2D eigenvalue weighted by Gasteiger charge is 2.21. The lowest BCUT2D eigenvalue weighted by molar-refractivity contribution is 0.408. The summed E-state index contributed by atoms with van der Waals surface area (Å²) in [7, 11) is 0. The van der Waals surface area contributed by atoms with Gasteiger partial charge in [0.15, 0.2) is 16.7 Å². The van der Waals surface area contributed by atoms with Crippen molar-refractivity contribution < 1.29 is 18.3 Å². The van der Waals surface area contributed by atoms with E-state index in [1.165, 1.54) is 12.1 Å². The maximum absolute atomic E-state index is 13.5. The van der Waals surface area contributed by atoms with Crippen LogP contribution in [0.5, 0.6) is 5.75 Å². The molecule has 0 aromatic heterocycles. The number of anilines is 2. The summed E-state index contributed by atoms with van der Waals surface area (Å²) >= 11 is 10.5. The number of nitrogens with two attached hydrogens (primary N) is 1. The zero-order valence-corrected chi connectivity index (χ0v) is 11.9. The minimum Gasteiger partial charge on any atom is -0.503 e. The van der Waals surface area contributed by atoms with Gasteiger partial charge in [0.1, 0.15) is 5.82 Å². The number of aromatic hydroxyl groups is 1. The Morgan fingerprint density at radius 1 is 1.14 bits per heavy atom. The first kappa shape index (κ1) is 15.4. The number of thiocarbonyl (C=S) groups is 1. The van der Waals surface area contributed by atoms with E-state index in [0.29, 0.717) is 0 Å². The molecule has 0 saturated carbocycles. The van der Waals surface area contributed by atoms with E-state index in [0.717, 1.165) is 23.1 Å². The van der Waals surface area contributed by atoms with Crippen molar-refractivity contribution in [1.82, 2.24) is 0 Å². The molecule has 2 rings (SSSR count). The molecule has 0 aliphatic rings. The van der Waals surface area contributed by atoms with Crippen LogP contribution in [-0.2, 0) is 0 Å². The highest BCUT2D eigenvalue weighted by atomic mass is 35.5. The zero-order chi connectivity index (χ0) is 15.7. The van der Waals surface area contributed by atoms with Crippen LogP contribution in [0.15, 0.2) is 30.3 Å². The van der Waals surface area contributed by atoms with Crippen LogP contribution in [0, 0.1) is 17.5 Å². The van der Waals surface area contributed by atoms with Gasteiger partial charge in [-0.1, -0.05) is 11.6 Å². The smallest absolute Gasteiger partial charge is 0.202 e. The molecule has 0 unspecified atom stereocenters. The minimum absolute atomic E-state index is 0.190. The van der Waals surface area contributed by atoms with Gasteiger partial charge in [0, 0.05) is 0 Å². The maximum Gasteiger partial charge on any atom is 0.202 e. The fourth-order valence-electron chi connectivity index (χ4n) is 1.72. The van der Waals surface area contributed by atoms with Crippen LogP contribution in [0.2, 0.25) is 5.02 Å². The lowest BCUT2D eigenvalue weighted by atomic mass is 10.2. The lowest BCUT2D eigenvalue weighted by Gasteiger charge is -2.24. The zero-order valence-electron chi connectivity index (χ0n) is 10.3. The third-order valence-corrected chi connectivity index (χ3v) is 3.14. The van der Waals surface area contributed by atoms with Crippen LogP contribution in [0.25, 0.3) is 0 Å². The van der Waals surface area contributed by atoms with Crippen molar-refractivity contribution in [2.75, 3.05) is 4.90 Å². The summed E-state index contributed by atoms with van der Waals surface area (Å²) in [6.07, 6.45) is 0. The molecule has 3 nitrogen and oxygen atoms in total. The number of hydrogen-bond donors (Lipinski definition) is 2. The molecule has 110 valence electrons. The highest BCUT2D eigenvalue weighted by molar-refractivity contribution is 7.80. The van der Waals surface area contributed by atoms with Gasteiger partial charge in [0.05, 0.1) is 16.4 Å². The summed E-state index contributed by atoms with van der Waals surface area (Å²) in [6.45, 7) is 0. The van der Waals surface area contributed by atoms with Gasteiger partial charge in [0.25, 0.3) is 0 Å². The highest BCUT2D eigenvalue weighted by Crippen LogP contribution is 2.36. The molecule has 0 atom stereocenters. The van der Waals surface area contributed by atoms with Crippen molar-refractivity contribution in [3.63, 3.8) is 0 Å². The predicted octanol–water partition coefficient (Wildman–Crippen LogP) is 3.84. The third-order valence-electron chi connectivity index (χ3n) is 2.67. The van der Waals surface area contributed by atoms with Gasteiger partial charge >= 0.3 is 0 Å². The molecule has 0 saturated heterocycles. The monoisotopic (exact) mass is 332 g/mol. The molecule has 0 aliphatic heterocycles. The normalized spacial score (nSPS) is 10.5. The Hall–Kier alpha value is -1.99. The molecule has 0 amide bonds. The number of nitrogens with zero attached hydrogens (tertiary/aromatic N) is 1. The van der Waals surface area contributed by atoms with E-state index >= 15 is 0 Å². The topological polar surface area (TPSA) is 49.5 Å². The number of hydrogen-bond acceptors (Lipinski definition) is 2. The Bertz CT molecular complexity index is 727. The molecule has 0 heterocycles. The summed E-state index contributed by atoms with van der Waals surface area (Å²) in [5, 5.41) is 9.23. The fourth-order valence-corrected chi connectivity index (χ4v) is 2.10. The second kappa shape index (κ2) is 5.79. The molecule has 3 N–H and O–H groups in total. The van der Waals surface area contributed by atoms with Gasteiger partial charge < -0.3 is 10.8 Å². The van der Waals surface area contributed by atoms with Crippen LogP contribution in [0.4, 0.5) is 24.5 Å². The lowest BCUT2D eigenvalue weighted by Crippen LogP contribution is -2.31. The largest absolute Gasteiger partial charge is 0.503 e. The molecule has 21 heavy (non-hydrogen) atoms. The van der Waals surface area contributed by atoms with Crippen LogP contribution in [-0.4, -0.2) is 10.2 Å². The van der Waals surface area contributed by atoms with Gasteiger partial charge in [0.2, 0.25) is 5.82 Å². The van der Waals surface area contributed by atoms with Crippen molar-refractivity contribution in [2.45, 2.75) is 0 Å². The fraction of sp³-hybridized carbons (Fsp3) is 0. The van der Waals surface area contributed by atoms with E-state index in [1.807, 2.05) is 0 Å². The molecule has 0 fully saturated rings. The van der Waals surface area contributed by atoms with Crippen LogP contribution >= 0.6 is 23.8 Å². The Morgan fingerprint density at radius 3 is 2.33 bits per heavy atom. The average Bonchev–Trinajstić information content (AvgIpc) is 2.42. The van der Waals surface area contributed by atoms with Gasteiger partial charge in [-0.15, -0.1) is 0 Å². The average molecular weight is 333 g/mol. The van der Waals surface area contributed by atoms with Gasteiger partial charge in [-0.3, -0.25) is 4.90 Å². The second-order valence-electron chi connectivity index (χ2n) is 4.00. The molecule has 8 heteroatoms. The number of benzene rings is 2. The van der Waals surface area contributed by atoms with E-state index in [2.05, 4.69) is 0 Å². The molecule has 2 aromatic rings. The van der Waals surface area contributed by atoms with E-state index < -0.39 is 23.2 Å². The van der Waals surface area contributed by atoms with Crippen molar-refractivity contribution in [3.05, 3.63) is 52.8 Å². The summed E-state index contributed by atoms with van der Waals surface area (Å²) in [4.78, 5) is 1.04. The summed E-state index contributed by atoms with van der Waals surface area (Å²) < 4.78 is 39.7. The first-order valence-electron chi connectivity index (χ1n) is 5.54. The summed E-state index contributed by atoms with van der Waals surface area (Å²) in [5.41, 5.74) is 5.54. The van der Waals surface area contributed by atoms with Crippen molar-refractivity contribution in [2.24, 2.45) is 5.73 Å². The van der Waals surface area contributed by atoms with Crippen LogP contribution in [0.1, 0.15) is 0 Å². The molecule has 0 bridgehead atoms. The number of phenolic OH excluding ortho intramolecular Hbond substituents is 1. The number of halogens is 4. The Kier molecular flexibility index (Phi) is 4.24. The molecular weight excluding hydrogens is 325 g/mol. The van der Waals surface area contributed by atoms with Crippen LogP contribution in [0.3, 0.4) is 0 Å². The molecule has 0 spiro atoms. The van der Waals surface area contributed by atoms with Crippen molar-refractivity contribution >= 4 is 40.3 Å². The first-order valence-corrected chi connectivity index (χ1v) is 6.33. The number of rotatable bonds is 2. The Balaban J connectivity index is 2.62. The Morgan fingerprint density at radius 2 is 1.76 bits per heavy atom. The van der Waals surface area contributed by atoms with E-state index in [4.69, 9.17) is 29.6 Å². The minimum atomic E-state index is -1.44. The van der Waals surface area contributed by atoms with E-state index in [9.17, 15) is 18.3 Å². The molecule has 0 radical (unpaired) electrons. The molecule has 2 aromatic carbocycles. The summed E-state index contributed by atoms with van der Waals surface area (Å²) in [6, 6.07) is 5.42. The SMILES string of the molecule is NC(=S)N(c1ccc(F)c(Cl)c1)c1ccc(F)c(F)c1O. The van der Waals surface area contributed by atoms with E-state index in [1.54, 1.807) is 0 Å². The van der Waals surface area contributed by atoms with Gasteiger partial charge in [-0.2, -0.15) is 4.39 Å². The quantitative estimate of drug-likeness (QED) is 0.820. The third kappa shape index (κ3) is 2.88. The molecule has 0 aliphatic carbocycles. The Labute approximate surface area is 128 Å². The van der Waals surface area contributed by atoms with Crippen molar-refractivity contribution in [1.29, 1.82) is 0 Å². The maximum atomic E-state index is 13.5. The van der Waals surface area contributed by atoms with Crippen molar-refractivity contribution in [3.8, 4) is 5.75 Å². The van der Waals surface area contributed by atoms with E-state index in [-0.39, 0.29) is 21.5 Å². The second-order valence-corrected chi connectivity index (χ2v) is 4.83. The van der Waals surface area contributed by atoms with Gasteiger partial charge in [-0.25, -0.2) is 8.78 Å².